The van der Waals surface area contributed by atoms with Crippen molar-refractivity contribution in [2.45, 2.75) is 38.1 Å². The second-order valence-corrected chi connectivity index (χ2v) is 14.2. The maximum atomic E-state index is 11.5. The van der Waals surface area contributed by atoms with Crippen molar-refractivity contribution in [1.82, 2.24) is 29.8 Å². The van der Waals surface area contributed by atoms with Gasteiger partial charge < -0.3 is 30.2 Å². The van der Waals surface area contributed by atoms with Crippen molar-refractivity contribution in [3.8, 4) is 0 Å². The van der Waals surface area contributed by atoms with Crippen LogP contribution in [0.3, 0.4) is 0 Å². The van der Waals surface area contributed by atoms with E-state index in [1.807, 2.05) is 48.5 Å². The molecule has 6 rings (SSSR count). The molecule has 1 amide bonds. The van der Waals surface area contributed by atoms with Crippen molar-refractivity contribution in [3.05, 3.63) is 82.9 Å². The SMILES string of the molecule is C=C(c1ccc(Cl)cc1)N1CCN([C@@H]2CN(C(C)=O)C[C@H]2O)CC1.C=C(c1ccc(Cl)cc1)N1CCN([C@@H]2CNC[C@H]2O)CC1.CC(=O)Cl.Cl.[2H]CF. The zero-order valence-corrected chi connectivity index (χ0v) is 33.0. The first-order valence-corrected chi connectivity index (χ1v) is 18.1. The Morgan fingerprint density at radius 2 is 1.12 bits per heavy atom. The number of benzene rings is 2. The van der Waals surface area contributed by atoms with E-state index in [1.54, 1.807) is 11.8 Å². The Hall–Kier alpha value is -2.45. The molecule has 0 aliphatic carbocycles. The summed E-state index contributed by atoms with van der Waals surface area (Å²) in [6.07, 6.45) is -0.698. The fourth-order valence-electron chi connectivity index (χ4n) is 6.71. The number of β-amino-alcohol motifs (C(OH)–C–C–N with tert-alkyl or cyclic N) is 2. The summed E-state index contributed by atoms with van der Waals surface area (Å²) in [5, 5.41) is 24.6. The van der Waals surface area contributed by atoms with Crippen molar-refractivity contribution in [2.75, 3.05) is 85.7 Å². The summed E-state index contributed by atoms with van der Waals surface area (Å²) >= 11 is 16.5. The maximum Gasteiger partial charge on any atom is 0.219 e. The molecule has 4 aliphatic heterocycles. The van der Waals surface area contributed by atoms with Crippen molar-refractivity contribution in [2.24, 2.45) is 0 Å². The summed E-state index contributed by atoms with van der Waals surface area (Å²) in [5.41, 5.74) is 4.26. The van der Waals surface area contributed by atoms with Crippen LogP contribution in [-0.4, -0.2) is 156 Å². The summed E-state index contributed by atoms with van der Waals surface area (Å²) in [6, 6.07) is 15.9. The first-order valence-electron chi connectivity index (χ1n) is 17.7. The molecule has 290 valence electrons. The molecule has 4 atom stereocenters. The van der Waals surface area contributed by atoms with Crippen LogP contribution in [0.2, 0.25) is 10.0 Å². The van der Waals surface area contributed by atoms with Crippen molar-refractivity contribution < 1.29 is 25.6 Å². The van der Waals surface area contributed by atoms with Gasteiger partial charge in [0, 0.05) is 120 Å². The van der Waals surface area contributed by atoms with Gasteiger partial charge in [-0.15, -0.1) is 12.4 Å². The summed E-state index contributed by atoms with van der Waals surface area (Å²) < 4.78 is 15.5. The number of rotatable bonds is 6. The lowest BCUT2D eigenvalue weighted by Crippen LogP contribution is -2.53. The highest BCUT2D eigenvalue weighted by Crippen LogP contribution is 2.25. The van der Waals surface area contributed by atoms with Gasteiger partial charge in [0.2, 0.25) is 11.1 Å². The van der Waals surface area contributed by atoms with Crippen LogP contribution in [-0.2, 0) is 9.59 Å². The molecule has 0 unspecified atom stereocenters. The minimum absolute atomic E-state index is 0. The lowest BCUT2D eigenvalue weighted by Gasteiger charge is -2.40. The van der Waals surface area contributed by atoms with Crippen LogP contribution in [0.4, 0.5) is 4.39 Å². The number of aliphatic hydroxyl groups is 2. The first-order chi connectivity index (χ1) is 24.7. The lowest BCUT2D eigenvalue weighted by atomic mass is 10.1. The second kappa shape index (κ2) is 22.7. The second-order valence-electron chi connectivity index (χ2n) is 12.8. The van der Waals surface area contributed by atoms with E-state index in [9.17, 15) is 24.2 Å². The number of likely N-dealkylation sites (tertiary alicyclic amines) is 1. The van der Waals surface area contributed by atoms with Crippen LogP contribution in [0.25, 0.3) is 11.4 Å². The van der Waals surface area contributed by atoms with Gasteiger partial charge >= 0.3 is 0 Å². The molecule has 0 aromatic heterocycles. The molecule has 52 heavy (non-hydrogen) atoms. The molecule has 0 spiro atoms. The predicted molar refractivity (Wildman–Crippen MR) is 213 cm³/mol. The molecular formula is C37H53Cl4FN6O4. The van der Waals surface area contributed by atoms with Gasteiger partial charge in [0.1, 0.15) is 0 Å². The van der Waals surface area contributed by atoms with Crippen LogP contribution < -0.4 is 5.32 Å². The Bertz CT molecular complexity index is 1440. The van der Waals surface area contributed by atoms with E-state index in [0.29, 0.717) is 19.6 Å². The Morgan fingerprint density at radius 3 is 1.44 bits per heavy atom. The molecule has 10 nitrogen and oxygen atoms in total. The van der Waals surface area contributed by atoms with E-state index in [0.717, 1.165) is 91.5 Å². The Labute approximate surface area is 330 Å². The Kier molecular flexibility index (Phi) is 19.2. The zero-order chi connectivity index (χ0) is 38.4. The molecule has 0 radical (unpaired) electrons. The largest absolute Gasteiger partial charge is 0.390 e. The molecule has 15 heteroatoms. The molecule has 0 saturated carbocycles. The van der Waals surface area contributed by atoms with Gasteiger partial charge in [-0.25, -0.2) is 0 Å². The van der Waals surface area contributed by atoms with Gasteiger partial charge in [0.15, 0.2) is 0 Å². The summed E-state index contributed by atoms with van der Waals surface area (Å²) in [7, 11) is -1.00. The van der Waals surface area contributed by atoms with E-state index in [-0.39, 0.29) is 41.7 Å². The molecule has 2 aromatic rings. The van der Waals surface area contributed by atoms with E-state index in [4.69, 9.17) is 24.6 Å². The fourth-order valence-corrected chi connectivity index (χ4v) is 6.96. The highest BCUT2D eigenvalue weighted by atomic mass is 35.5. The number of hydrogen-bond donors (Lipinski definition) is 3. The number of piperazine rings is 2. The molecule has 4 saturated heterocycles. The molecule has 4 aliphatic rings. The Morgan fingerprint density at radius 1 is 0.731 bits per heavy atom. The Balaban J connectivity index is 0.000000309. The smallest absolute Gasteiger partial charge is 0.219 e. The zero-order valence-electron chi connectivity index (χ0n) is 30.9. The summed E-state index contributed by atoms with van der Waals surface area (Å²) in [4.78, 5) is 31.7. The normalized spacial score (nSPS) is 23.4. The lowest BCUT2D eigenvalue weighted by molar-refractivity contribution is -0.128. The van der Waals surface area contributed by atoms with Gasteiger partial charge in [0.25, 0.3) is 0 Å². The van der Waals surface area contributed by atoms with E-state index < -0.39 is 13.3 Å². The standard InChI is InChI=1S/C18H24ClN3O2.C16H22ClN3O.C2H3ClO.CH3F.ClH/c1-13(15-3-5-16(19)6-4-15)20-7-9-21(10-8-20)17-11-22(14(2)23)12-18(17)24;1-12(13-2-4-14(17)5-3-13)19-6-8-20(9-7-19)15-10-18-11-16(15)21;1-2(3)4;1-2;/h3-6,17-18,24H,1,7-12H2,2H3;2-5,15-16,18,21H,1,6-11H2;1H3;1H3;1H/t17-,18-;15-,16-;;;/m11.../s1/i;;;1D;. The minimum Gasteiger partial charge on any atom is -0.390 e. The number of nitrogens with zero attached hydrogens (tertiary/aromatic N) is 5. The quantitative estimate of drug-likeness (QED) is 0.363. The van der Waals surface area contributed by atoms with E-state index in [1.165, 1.54) is 6.92 Å². The van der Waals surface area contributed by atoms with Crippen molar-refractivity contribution in [1.29, 1.82) is 0 Å². The number of carbonyl (C=O) groups is 2. The molecular weight excluding hydrogens is 753 g/mol. The number of amides is 1. The van der Waals surface area contributed by atoms with Gasteiger partial charge in [0.05, 0.1) is 26.8 Å². The molecule has 2 aromatic carbocycles. The number of alkyl halides is 1. The first kappa shape index (κ1) is 44.0. The van der Waals surface area contributed by atoms with Crippen LogP contribution >= 0.6 is 47.2 Å². The monoisotopic (exact) mass is 805 g/mol. The van der Waals surface area contributed by atoms with Gasteiger partial charge in [-0.3, -0.25) is 23.8 Å². The predicted octanol–water partition coefficient (Wildman–Crippen LogP) is 4.56. The number of halogens is 5. The molecule has 4 fully saturated rings. The van der Waals surface area contributed by atoms with Crippen molar-refractivity contribution >= 4 is 69.8 Å². The summed E-state index contributed by atoms with van der Waals surface area (Å²) in [5.74, 6) is 0.0336. The fraction of sp³-hybridized carbons (Fsp3) is 0.514. The van der Waals surface area contributed by atoms with Gasteiger partial charge in [-0.2, -0.15) is 0 Å². The number of hydrogen-bond acceptors (Lipinski definition) is 9. The van der Waals surface area contributed by atoms with Crippen LogP contribution in [0, 0.1) is 0 Å². The third-order valence-corrected chi connectivity index (χ3v) is 10.0. The van der Waals surface area contributed by atoms with E-state index in [2.05, 4.69) is 49.7 Å². The topological polar surface area (TPSA) is 103 Å². The van der Waals surface area contributed by atoms with Gasteiger partial charge in [-0.1, -0.05) is 60.6 Å². The number of aliphatic hydroxyl groups excluding tert-OH is 2. The van der Waals surface area contributed by atoms with Crippen molar-refractivity contribution in [3.63, 3.8) is 0 Å². The molecule has 0 bridgehead atoms. The third-order valence-electron chi connectivity index (χ3n) is 9.54. The maximum absolute atomic E-state index is 11.5. The molecule has 4 heterocycles. The average molecular weight is 808 g/mol. The average Bonchev–Trinajstić information content (AvgIpc) is 3.74. The van der Waals surface area contributed by atoms with Crippen LogP contribution in [0.1, 0.15) is 26.3 Å². The van der Waals surface area contributed by atoms with Crippen LogP contribution in [0.5, 0.6) is 0 Å². The third kappa shape index (κ3) is 13.4. The highest BCUT2D eigenvalue weighted by molar-refractivity contribution is 6.62. The van der Waals surface area contributed by atoms with E-state index >= 15 is 0 Å². The minimum atomic E-state index is -1.00. The molecule has 3 N–H and O–H groups in total. The number of nitrogens with one attached hydrogen (secondary N) is 1. The summed E-state index contributed by atoms with van der Waals surface area (Å²) in [6.45, 7) is 21.2. The number of carbonyl (C=O) groups excluding carboxylic acids is 2. The highest BCUT2D eigenvalue weighted by Gasteiger charge is 2.38. The van der Waals surface area contributed by atoms with Crippen LogP contribution in [0.15, 0.2) is 61.7 Å². The van der Waals surface area contributed by atoms with Gasteiger partial charge in [-0.05, 0) is 47.0 Å².